The second-order valence-corrected chi connectivity index (χ2v) is 6.22. The van der Waals surface area contributed by atoms with Gasteiger partial charge in [0.1, 0.15) is 5.54 Å². The fourth-order valence-corrected chi connectivity index (χ4v) is 3.25. The van der Waals surface area contributed by atoms with Gasteiger partial charge in [-0.05, 0) is 45.7 Å². The summed E-state index contributed by atoms with van der Waals surface area (Å²) in [4.78, 5) is 20.3. The molecule has 0 aromatic carbocycles. The molecule has 118 valence electrons. The van der Waals surface area contributed by atoms with Crippen LogP contribution in [0, 0.1) is 13.8 Å². The maximum atomic E-state index is 11.5. The van der Waals surface area contributed by atoms with Gasteiger partial charge in [0.15, 0.2) is 5.16 Å². The summed E-state index contributed by atoms with van der Waals surface area (Å²) in [6.45, 7) is 8.42. The molecule has 2 N–H and O–H groups in total. The van der Waals surface area contributed by atoms with Gasteiger partial charge in [-0.1, -0.05) is 25.6 Å². The summed E-state index contributed by atoms with van der Waals surface area (Å²) >= 11 is 1.59. The third-order valence-corrected chi connectivity index (χ3v) is 4.40. The number of carboxylic acids is 1. The lowest BCUT2D eigenvalue weighted by Crippen LogP contribution is -2.51. The van der Waals surface area contributed by atoms with Crippen molar-refractivity contribution >= 4 is 17.7 Å². The van der Waals surface area contributed by atoms with Crippen molar-refractivity contribution in [3.8, 4) is 0 Å². The minimum atomic E-state index is -0.807. The molecular weight excluding hydrogens is 286 g/mol. The van der Waals surface area contributed by atoms with Gasteiger partial charge in [0.25, 0.3) is 0 Å². The van der Waals surface area contributed by atoms with Gasteiger partial charge in [0.2, 0.25) is 0 Å². The van der Waals surface area contributed by atoms with Gasteiger partial charge in [-0.3, -0.25) is 4.79 Å². The van der Waals surface area contributed by atoms with Crippen LogP contribution in [0.5, 0.6) is 0 Å². The largest absolute Gasteiger partial charge is 0.480 e. The summed E-state index contributed by atoms with van der Waals surface area (Å²) in [5, 5.41) is 13.3. The molecule has 0 saturated heterocycles. The Balaban J connectivity index is 2.53. The molecule has 0 radical (unpaired) electrons. The van der Waals surface area contributed by atoms with E-state index >= 15 is 0 Å². The smallest absolute Gasteiger partial charge is 0.323 e. The van der Waals surface area contributed by atoms with E-state index < -0.39 is 11.5 Å². The average Bonchev–Trinajstić information content (AvgIpc) is 2.41. The van der Waals surface area contributed by atoms with Gasteiger partial charge in [0.05, 0.1) is 0 Å². The van der Waals surface area contributed by atoms with E-state index in [1.54, 1.807) is 11.8 Å². The van der Waals surface area contributed by atoms with E-state index in [0.29, 0.717) is 19.4 Å². The first kappa shape index (κ1) is 17.9. The summed E-state index contributed by atoms with van der Waals surface area (Å²) in [6.07, 6.45) is 2.01. The van der Waals surface area contributed by atoms with E-state index in [0.717, 1.165) is 28.7 Å². The van der Waals surface area contributed by atoms with E-state index in [4.69, 9.17) is 0 Å². The van der Waals surface area contributed by atoms with E-state index in [1.807, 2.05) is 33.8 Å². The zero-order valence-corrected chi connectivity index (χ0v) is 14.1. The predicted molar refractivity (Wildman–Crippen MR) is 85.8 cm³/mol. The fraction of sp³-hybridized carbons (Fsp3) is 0.667. The van der Waals surface area contributed by atoms with E-state index in [2.05, 4.69) is 15.3 Å². The third kappa shape index (κ3) is 5.28. The van der Waals surface area contributed by atoms with Crippen LogP contribution in [-0.2, 0) is 4.79 Å². The number of hydrogen-bond acceptors (Lipinski definition) is 5. The van der Waals surface area contributed by atoms with Crippen LogP contribution in [0.15, 0.2) is 11.2 Å². The van der Waals surface area contributed by atoms with Gasteiger partial charge < -0.3 is 10.4 Å². The first-order chi connectivity index (χ1) is 9.93. The van der Waals surface area contributed by atoms with E-state index in [1.165, 1.54) is 0 Å². The summed E-state index contributed by atoms with van der Waals surface area (Å²) in [6, 6.07) is 1.95. The molecule has 21 heavy (non-hydrogen) atoms. The molecule has 1 atom stereocenters. The molecule has 1 heterocycles. The zero-order chi connectivity index (χ0) is 15.9. The maximum Gasteiger partial charge on any atom is 0.323 e. The minimum absolute atomic E-state index is 0.584. The second kappa shape index (κ2) is 8.34. The van der Waals surface area contributed by atoms with Crippen LogP contribution in [0.2, 0.25) is 0 Å². The number of nitrogens with zero attached hydrogens (tertiary/aromatic N) is 2. The molecular formula is C15H25N3O2S. The molecule has 0 spiro atoms. The molecule has 0 amide bonds. The Kier molecular flexibility index (Phi) is 7.11. The first-order valence-electron chi connectivity index (χ1n) is 7.37. The monoisotopic (exact) mass is 311 g/mol. The van der Waals surface area contributed by atoms with Crippen molar-refractivity contribution in [2.45, 2.75) is 57.7 Å². The molecule has 6 heteroatoms. The molecule has 0 fully saturated rings. The van der Waals surface area contributed by atoms with Gasteiger partial charge in [-0.15, -0.1) is 0 Å². The fourth-order valence-electron chi connectivity index (χ4n) is 2.36. The maximum absolute atomic E-state index is 11.5. The van der Waals surface area contributed by atoms with Crippen molar-refractivity contribution in [3.05, 3.63) is 17.5 Å². The topological polar surface area (TPSA) is 75.1 Å². The highest BCUT2D eigenvalue weighted by molar-refractivity contribution is 7.99. The zero-order valence-electron chi connectivity index (χ0n) is 13.3. The SMILES string of the molecule is CCNC(CC)(CCCSc1nc(C)cc(C)n1)C(=O)O. The van der Waals surface area contributed by atoms with E-state index in [9.17, 15) is 9.90 Å². The molecule has 0 bridgehead atoms. The molecule has 0 aliphatic heterocycles. The normalized spacial score (nSPS) is 13.9. The number of hydrogen-bond donors (Lipinski definition) is 2. The Morgan fingerprint density at radius 3 is 2.43 bits per heavy atom. The van der Waals surface area contributed by atoms with Crippen LogP contribution in [0.1, 0.15) is 44.5 Å². The Hall–Kier alpha value is -1.14. The van der Waals surface area contributed by atoms with Crippen molar-refractivity contribution < 1.29 is 9.90 Å². The number of likely N-dealkylation sites (N-methyl/N-ethyl adjacent to an activating group) is 1. The van der Waals surface area contributed by atoms with Crippen molar-refractivity contribution in [1.29, 1.82) is 0 Å². The van der Waals surface area contributed by atoms with Crippen LogP contribution in [0.25, 0.3) is 0 Å². The molecule has 1 aromatic heterocycles. The Morgan fingerprint density at radius 2 is 1.95 bits per heavy atom. The van der Waals surface area contributed by atoms with Gasteiger partial charge in [0, 0.05) is 17.1 Å². The number of rotatable bonds is 9. The summed E-state index contributed by atoms with van der Waals surface area (Å²) < 4.78 is 0. The van der Waals surface area contributed by atoms with Crippen LogP contribution in [0.4, 0.5) is 0 Å². The lowest BCUT2D eigenvalue weighted by molar-refractivity contribution is -0.145. The van der Waals surface area contributed by atoms with Crippen molar-refractivity contribution in [2.75, 3.05) is 12.3 Å². The van der Waals surface area contributed by atoms with Crippen LogP contribution in [-0.4, -0.2) is 38.9 Å². The Labute approximate surface area is 131 Å². The van der Waals surface area contributed by atoms with Crippen molar-refractivity contribution in [2.24, 2.45) is 0 Å². The molecule has 5 nitrogen and oxygen atoms in total. The number of aryl methyl sites for hydroxylation is 2. The third-order valence-electron chi connectivity index (χ3n) is 3.47. The molecule has 0 aliphatic rings. The van der Waals surface area contributed by atoms with Crippen LogP contribution >= 0.6 is 11.8 Å². The van der Waals surface area contributed by atoms with Gasteiger partial charge in [-0.2, -0.15) is 0 Å². The highest BCUT2D eigenvalue weighted by atomic mass is 32.2. The average molecular weight is 311 g/mol. The summed E-state index contributed by atoms with van der Waals surface area (Å²) in [5.41, 5.74) is 1.12. The van der Waals surface area contributed by atoms with Crippen molar-refractivity contribution in [1.82, 2.24) is 15.3 Å². The molecule has 0 saturated carbocycles. The number of aromatic nitrogens is 2. The highest BCUT2D eigenvalue weighted by Gasteiger charge is 2.34. The Morgan fingerprint density at radius 1 is 1.33 bits per heavy atom. The number of carbonyl (C=O) groups is 1. The standard InChI is InChI=1S/C15H25N3O2S/c1-5-15(13(19)20,16-6-2)8-7-9-21-14-17-11(3)10-12(4)18-14/h10,16H,5-9H2,1-4H3,(H,19,20). The lowest BCUT2D eigenvalue weighted by Gasteiger charge is -2.29. The quantitative estimate of drug-likeness (QED) is 0.415. The van der Waals surface area contributed by atoms with Crippen molar-refractivity contribution in [3.63, 3.8) is 0 Å². The number of carboxylic acid groups (broad SMARTS) is 1. The number of aliphatic carboxylic acids is 1. The summed E-state index contributed by atoms with van der Waals surface area (Å²) in [7, 11) is 0. The molecule has 1 unspecified atom stereocenters. The highest BCUT2D eigenvalue weighted by Crippen LogP contribution is 2.22. The van der Waals surface area contributed by atoms with Crippen LogP contribution in [0.3, 0.4) is 0 Å². The van der Waals surface area contributed by atoms with Gasteiger partial charge >= 0.3 is 5.97 Å². The lowest BCUT2D eigenvalue weighted by atomic mass is 9.91. The van der Waals surface area contributed by atoms with Crippen LogP contribution < -0.4 is 5.32 Å². The first-order valence-corrected chi connectivity index (χ1v) is 8.35. The predicted octanol–water partition coefficient (Wildman–Crippen LogP) is 2.81. The molecule has 1 rings (SSSR count). The second-order valence-electron chi connectivity index (χ2n) is 5.16. The number of nitrogens with one attached hydrogen (secondary N) is 1. The summed E-state index contributed by atoms with van der Waals surface area (Å²) in [5.74, 6) is 0.0584. The molecule has 1 aromatic rings. The number of thioether (sulfide) groups is 1. The minimum Gasteiger partial charge on any atom is -0.480 e. The molecule has 0 aliphatic carbocycles. The van der Waals surface area contributed by atoms with Gasteiger partial charge in [-0.25, -0.2) is 9.97 Å². The van der Waals surface area contributed by atoms with E-state index in [-0.39, 0.29) is 0 Å². The Bertz CT molecular complexity index is 462.